The maximum absolute atomic E-state index is 12.0. The van der Waals surface area contributed by atoms with E-state index in [4.69, 9.17) is 5.73 Å². The highest BCUT2D eigenvalue weighted by Crippen LogP contribution is 2.25. The number of carbonyl (C=O) groups is 1. The van der Waals surface area contributed by atoms with Crippen LogP contribution in [0.3, 0.4) is 0 Å². The number of hydrogen-bond acceptors (Lipinski definition) is 6. The largest absolute Gasteiger partial charge is 0.398 e. The first kappa shape index (κ1) is 13.4. The molecule has 1 aromatic carbocycles. The van der Waals surface area contributed by atoms with Crippen molar-refractivity contribution < 1.29 is 9.72 Å². The third kappa shape index (κ3) is 3.06. The van der Waals surface area contributed by atoms with Crippen molar-refractivity contribution in [1.29, 1.82) is 0 Å². The Morgan fingerprint density at radius 2 is 2.26 bits per heavy atom. The molecular weight excluding hydrogens is 336 g/mol. The molecule has 1 amide bonds. The van der Waals surface area contributed by atoms with Crippen LogP contribution in [0.2, 0.25) is 0 Å². The number of halogens is 1. The molecule has 98 valence electrons. The summed E-state index contributed by atoms with van der Waals surface area (Å²) in [5.41, 5.74) is 5.65. The van der Waals surface area contributed by atoms with Crippen LogP contribution in [0.15, 0.2) is 28.2 Å². The molecule has 0 aliphatic carbocycles. The maximum atomic E-state index is 12.0. The number of nitro benzene ring substituents is 1. The van der Waals surface area contributed by atoms with Crippen molar-refractivity contribution in [3.63, 3.8) is 0 Å². The number of nitrogens with two attached hydrogens (primary N) is 1. The number of nitrogen functional groups attached to an aromatic ring is 1. The van der Waals surface area contributed by atoms with Gasteiger partial charge in [-0.1, -0.05) is 11.3 Å². The van der Waals surface area contributed by atoms with Crippen molar-refractivity contribution >= 4 is 49.7 Å². The Bertz CT molecular complexity index is 658. The smallest absolute Gasteiger partial charge is 0.270 e. The van der Waals surface area contributed by atoms with E-state index in [-0.39, 0.29) is 16.9 Å². The molecule has 2 rings (SSSR count). The lowest BCUT2D eigenvalue weighted by Gasteiger charge is -2.04. The van der Waals surface area contributed by atoms with Gasteiger partial charge in [-0.05, 0) is 22.0 Å². The van der Waals surface area contributed by atoms with Crippen LogP contribution < -0.4 is 11.1 Å². The van der Waals surface area contributed by atoms with Gasteiger partial charge in [0.25, 0.3) is 11.6 Å². The van der Waals surface area contributed by atoms with Gasteiger partial charge in [0.1, 0.15) is 0 Å². The summed E-state index contributed by atoms with van der Waals surface area (Å²) in [4.78, 5) is 26.0. The number of amides is 1. The standard InChI is InChI=1S/C10H7BrN4O3S/c11-8-4-13-10(19-8)14-9(16)6-3-5(15(17)18)1-2-7(6)12/h1-4H,12H2,(H,13,14,16). The monoisotopic (exact) mass is 342 g/mol. The van der Waals surface area contributed by atoms with Crippen LogP contribution in [-0.4, -0.2) is 15.8 Å². The van der Waals surface area contributed by atoms with Crippen molar-refractivity contribution in [2.24, 2.45) is 0 Å². The first-order valence-electron chi connectivity index (χ1n) is 4.94. The van der Waals surface area contributed by atoms with E-state index in [9.17, 15) is 14.9 Å². The number of anilines is 2. The number of carbonyl (C=O) groups excluding carboxylic acids is 1. The molecule has 0 spiro atoms. The molecule has 9 heteroatoms. The van der Waals surface area contributed by atoms with Crippen molar-refractivity contribution in [2.45, 2.75) is 0 Å². The lowest BCUT2D eigenvalue weighted by molar-refractivity contribution is -0.384. The summed E-state index contributed by atoms with van der Waals surface area (Å²) in [6.45, 7) is 0. The third-order valence-corrected chi connectivity index (χ3v) is 3.58. The van der Waals surface area contributed by atoms with E-state index in [0.717, 1.165) is 9.85 Å². The van der Waals surface area contributed by atoms with Gasteiger partial charge in [0, 0.05) is 17.8 Å². The molecule has 7 nitrogen and oxygen atoms in total. The van der Waals surface area contributed by atoms with Crippen molar-refractivity contribution in [1.82, 2.24) is 4.98 Å². The summed E-state index contributed by atoms with van der Waals surface area (Å²) in [6.07, 6.45) is 1.54. The van der Waals surface area contributed by atoms with Crippen LogP contribution in [0.4, 0.5) is 16.5 Å². The minimum absolute atomic E-state index is 0.0422. The second kappa shape index (κ2) is 5.33. The molecule has 1 heterocycles. The van der Waals surface area contributed by atoms with Gasteiger partial charge in [0.15, 0.2) is 5.13 Å². The number of nitro groups is 1. The van der Waals surface area contributed by atoms with E-state index in [1.807, 2.05) is 0 Å². The number of non-ortho nitro benzene ring substituents is 1. The Morgan fingerprint density at radius 1 is 1.53 bits per heavy atom. The van der Waals surface area contributed by atoms with E-state index >= 15 is 0 Å². The van der Waals surface area contributed by atoms with Crippen LogP contribution in [0, 0.1) is 10.1 Å². The molecule has 3 N–H and O–H groups in total. The van der Waals surface area contributed by atoms with Crippen molar-refractivity contribution in [2.75, 3.05) is 11.1 Å². The highest BCUT2D eigenvalue weighted by molar-refractivity contribution is 9.11. The SMILES string of the molecule is Nc1ccc([N+](=O)[O-])cc1C(=O)Nc1ncc(Br)s1. The fraction of sp³-hybridized carbons (Fsp3) is 0. The van der Waals surface area contributed by atoms with Crippen LogP contribution in [0.25, 0.3) is 0 Å². The highest BCUT2D eigenvalue weighted by Gasteiger charge is 2.16. The summed E-state index contributed by atoms with van der Waals surface area (Å²) in [7, 11) is 0. The lowest BCUT2D eigenvalue weighted by Crippen LogP contribution is -2.14. The first-order chi connectivity index (χ1) is 8.97. The zero-order valence-corrected chi connectivity index (χ0v) is 11.7. The van der Waals surface area contributed by atoms with E-state index in [2.05, 4.69) is 26.2 Å². The number of nitrogens with one attached hydrogen (secondary N) is 1. The Morgan fingerprint density at radius 3 is 2.84 bits per heavy atom. The van der Waals surface area contributed by atoms with Crippen LogP contribution in [0.1, 0.15) is 10.4 Å². The quantitative estimate of drug-likeness (QED) is 0.506. The predicted octanol–water partition coefficient (Wildman–Crippen LogP) is 2.65. The normalized spacial score (nSPS) is 10.2. The summed E-state index contributed by atoms with van der Waals surface area (Å²) >= 11 is 4.44. The maximum Gasteiger partial charge on any atom is 0.270 e. The molecule has 0 bridgehead atoms. The molecule has 0 fully saturated rings. The highest BCUT2D eigenvalue weighted by atomic mass is 79.9. The fourth-order valence-electron chi connectivity index (χ4n) is 1.33. The molecule has 19 heavy (non-hydrogen) atoms. The molecule has 2 aromatic rings. The van der Waals surface area contributed by atoms with Crippen molar-refractivity contribution in [3.05, 3.63) is 43.9 Å². The van der Waals surface area contributed by atoms with Gasteiger partial charge < -0.3 is 5.73 Å². The molecule has 0 radical (unpaired) electrons. The Labute approximate surface area is 119 Å². The molecule has 0 saturated carbocycles. The number of hydrogen-bond donors (Lipinski definition) is 2. The summed E-state index contributed by atoms with van der Waals surface area (Å²) in [6, 6.07) is 3.70. The Kier molecular flexibility index (Phi) is 3.76. The number of thiazole rings is 1. The average Bonchev–Trinajstić information content (AvgIpc) is 2.74. The van der Waals surface area contributed by atoms with Gasteiger partial charge in [-0.15, -0.1) is 0 Å². The summed E-state index contributed by atoms with van der Waals surface area (Å²) in [5, 5.41) is 13.6. The third-order valence-electron chi connectivity index (χ3n) is 2.19. The van der Waals surface area contributed by atoms with Gasteiger partial charge in [-0.2, -0.15) is 0 Å². The lowest BCUT2D eigenvalue weighted by atomic mass is 10.1. The van der Waals surface area contributed by atoms with Gasteiger partial charge >= 0.3 is 0 Å². The molecule has 0 unspecified atom stereocenters. The molecule has 1 aromatic heterocycles. The van der Waals surface area contributed by atoms with E-state index in [0.29, 0.717) is 5.13 Å². The summed E-state index contributed by atoms with van der Waals surface area (Å²) in [5.74, 6) is -0.539. The fourth-order valence-corrected chi connectivity index (χ4v) is 2.43. The topological polar surface area (TPSA) is 111 Å². The summed E-state index contributed by atoms with van der Waals surface area (Å²) < 4.78 is 0.759. The van der Waals surface area contributed by atoms with E-state index < -0.39 is 10.8 Å². The van der Waals surface area contributed by atoms with Crippen LogP contribution in [-0.2, 0) is 0 Å². The van der Waals surface area contributed by atoms with Crippen LogP contribution >= 0.6 is 27.3 Å². The first-order valence-corrected chi connectivity index (χ1v) is 6.55. The Hall–Kier alpha value is -2.00. The predicted molar refractivity (Wildman–Crippen MR) is 75.3 cm³/mol. The minimum atomic E-state index is -0.587. The van der Waals surface area contributed by atoms with Crippen molar-refractivity contribution in [3.8, 4) is 0 Å². The Balaban J connectivity index is 2.27. The number of nitrogens with zero attached hydrogens (tertiary/aromatic N) is 2. The zero-order chi connectivity index (χ0) is 14.0. The molecule has 0 aliphatic rings. The second-order valence-electron chi connectivity index (χ2n) is 3.45. The molecular formula is C10H7BrN4O3S. The average molecular weight is 343 g/mol. The molecule has 0 atom stereocenters. The van der Waals surface area contributed by atoms with E-state index in [1.54, 1.807) is 0 Å². The number of aromatic nitrogens is 1. The minimum Gasteiger partial charge on any atom is -0.398 e. The number of rotatable bonds is 3. The van der Waals surface area contributed by atoms with Gasteiger partial charge in [0.05, 0.1) is 20.5 Å². The zero-order valence-electron chi connectivity index (χ0n) is 9.29. The van der Waals surface area contributed by atoms with E-state index in [1.165, 1.54) is 29.7 Å². The van der Waals surface area contributed by atoms with Gasteiger partial charge in [0.2, 0.25) is 0 Å². The van der Waals surface area contributed by atoms with Crippen LogP contribution in [0.5, 0.6) is 0 Å². The van der Waals surface area contributed by atoms with Gasteiger partial charge in [-0.25, -0.2) is 4.98 Å². The van der Waals surface area contributed by atoms with Gasteiger partial charge in [-0.3, -0.25) is 20.2 Å². The molecule has 0 aliphatic heterocycles. The number of benzene rings is 1. The second-order valence-corrected chi connectivity index (χ2v) is 5.86. The molecule has 0 saturated heterocycles.